The minimum atomic E-state index is -0.283. The number of hydrogen-bond acceptors (Lipinski definition) is 3. The first-order valence-corrected chi connectivity index (χ1v) is 14.6. The highest BCUT2D eigenvalue weighted by Crippen LogP contribution is 2.52. The van der Waals surface area contributed by atoms with Gasteiger partial charge in [0.15, 0.2) is 0 Å². The molecule has 1 aromatic heterocycles. The molecule has 202 valence electrons. The summed E-state index contributed by atoms with van der Waals surface area (Å²) in [6.07, 6.45) is 8.64. The van der Waals surface area contributed by atoms with Gasteiger partial charge in [0.05, 0.1) is 0 Å². The van der Waals surface area contributed by atoms with Gasteiger partial charge in [0.1, 0.15) is 34.5 Å². The number of ether oxygens (including phenoxy) is 2. The van der Waals surface area contributed by atoms with Gasteiger partial charge in [0.25, 0.3) is 0 Å². The highest BCUT2D eigenvalue weighted by molar-refractivity contribution is 6.09. The van der Waals surface area contributed by atoms with Crippen molar-refractivity contribution in [1.82, 2.24) is 0 Å². The topological polar surface area (TPSA) is 31.6 Å². The average molecular weight is 545 g/mol. The molecular formula is C39H28O3. The van der Waals surface area contributed by atoms with E-state index in [1.807, 2.05) is 12.1 Å². The minimum Gasteiger partial charge on any atom is -0.484 e. The van der Waals surface area contributed by atoms with Crippen LogP contribution in [0.4, 0.5) is 0 Å². The van der Waals surface area contributed by atoms with Crippen molar-refractivity contribution < 1.29 is 13.9 Å². The average Bonchev–Trinajstić information content (AvgIpc) is 3.60. The fourth-order valence-electron chi connectivity index (χ4n) is 7.08. The van der Waals surface area contributed by atoms with Crippen LogP contribution in [0.2, 0.25) is 0 Å². The third-order valence-corrected chi connectivity index (χ3v) is 9.29. The van der Waals surface area contributed by atoms with Gasteiger partial charge < -0.3 is 13.9 Å². The Morgan fingerprint density at radius 2 is 1.33 bits per heavy atom. The lowest BCUT2D eigenvalue weighted by atomic mass is 9.74. The molecule has 0 spiro atoms. The summed E-state index contributed by atoms with van der Waals surface area (Å²) in [7, 11) is 0. The fourth-order valence-corrected chi connectivity index (χ4v) is 7.08. The van der Waals surface area contributed by atoms with Crippen molar-refractivity contribution in [3.63, 3.8) is 0 Å². The predicted octanol–water partition coefficient (Wildman–Crippen LogP) is 10.3. The van der Waals surface area contributed by atoms with Crippen LogP contribution in [-0.4, -0.2) is 6.10 Å². The molecule has 0 bridgehead atoms. The Bertz CT molecular complexity index is 2140. The lowest BCUT2D eigenvalue weighted by molar-refractivity contribution is 0.270. The van der Waals surface area contributed by atoms with E-state index in [0.29, 0.717) is 0 Å². The zero-order chi connectivity index (χ0) is 28.0. The maximum absolute atomic E-state index is 6.53. The first-order chi connectivity index (χ1) is 20.6. The highest BCUT2D eigenvalue weighted by Gasteiger charge is 2.37. The minimum absolute atomic E-state index is 0.0602. The molecule has 9 rings (SSSR count). The van der Waals surface area contributed by atoms with E-state index in [1.165, 1.54) is 11.1 Å². The molecule has 5 aromatic carbocycles. The Morgan fingerprint density at radius 3 is 2.17 bits per heavy atom. The Morgan fingerprint density at radius 1 is 0.643 bits per heavy atom. The zero-order valence-corrected chi connectivity index (χ0v) is 23.4. The first kappa shape index (κ1) is 23.7. The number of allylic oxidation sites excluding steroid dienone is 2. The summed E-state index contributed by atoms with van der Waals surface area (Å²) in [5.74, 6) is 3.05. The molecule has 3 nitrogen and oxygen atoms in total. The molecule has 0 saturated heterocycles. The van der Waals surface area contributed by atoms with Crippen LogP contribution in [0.25, 0.3) is 44.2 Å². The molecule has 2 atom stereocenters. The second-order valence-corrected chi connectivity index (χ2v) is 12.0. The van der Waals surface area contributed by atoms with E-state index in [-0.39, 0.29) is 17.4 Å². The van der Waals surface area contributed by atoms with E-state index in [2.05, 4.69) is 123 Å². The molecule has 42 heavy (non-hydrogen) atoms. The lowest BCUT2D eigenvalue weighted by Crippen LogP contribution is -2.24. The molecule has 2 unspecified atom stereocenters. The third-order valence-electron chi connectivity index (χ3n) is 9.29. The van der Waals surface area contributed by atoms with Gasteiger partial charge in [0, 0.05) is 49.9 Å². The summed E-state index contributed by atoms with van der Waals surface area (Å²) in [5, 5.41) is 2.27. The number of para-hydroxylation sites is 3. The smallest absolute Gasteiger partial charge is 0.143 e. The maximum atomic E-state index is 6.53. The Balaban J connectivity index is 1.15. The Kier molecular flexibility index (Phi) is 4.79. The first-order valence-electron chi connectivity index (χ1n) is 14.6. The van der Waals surface area contributed by atoms with Crippen LogP contribution in [0.5, 0.6) is 17.2 Å². The van der Waals surface area contributed by atoms with E-state index in [9.17, 15) is 0 Å². The summed E-state index contributed by atoms with van der Waals surface area (Å²) in [6.45, 7) is 4.58. The largest absolute Gasteiger partial charge is 0.484 e. The van der Waals surface area contributed by atoms with Crippen LogP contribution in [-0.2, 0) is 5.41 Å². The third kappa shape index (κ3) is 3.28. The van der Waals surface area contributed by atoms with Crippen molar-refractivity contribution in [1.29, 1.82) is 0 Å². The molecule has 0 saturated carbocycles. The highest BCUT2D eigenvalue weighted by atomic mass is 16.5. The van der Waals surface area contributed by atoms with Gasteiger partial charge in [-0.2, -0.15) is 0 Å². The number of furan rings is 1. The monoisotopic (exact) mass is 544 g/mol. The molecule has 3 heterocycles. The van der Waals surface area contributed by atoms with E-state index >= 15 is 0 Å². The molecule has 2 aliphatic heterocycles. The summed E-state index contributed by atoms with van der Waals surface area (Å²) in [4.78, 5) is 0. The van der Waals surface area contributed by atoms with E-state index in [1.54, 1.807) is 0 Å². The second-order valence-electron chi connectivity index (χ2n) is 12.0. The van der Waals surface area contributed by atoms with Crippen LogP contribution < -0.4 is 9.47 Å². The van der Waals surface area contributed by atoms with Gasteiger partial charge in [0.2, 0.25) is 0 Å². The van der Waals surface area contributed by atoms with Crippen molar-refractivity contribution >= 4 is 21.9 Å². The molecular weight excluding hydrogens is 516 g/mol. The summed E-state index contributed by atoms with van der Waals surface area (Å²) < 4.78 is 19.4. The van der Waals surface area contributed by atoms with Gasteiger partial charge in [-0.1, -0.05) is 98.8 Å². The molecule has 0 fully saturated rings. The van der Waals surface area contributed by atoms with Crippen molar-refractivity contribution in [3.8, 4) is 39.5 Å². The summed E-state index contributed by atoms with van der Waals surface area (Å²) >= 11 is 0. The van der Waals surface area contributed by atoms with Crippen molar-refractivity contribution in [2.24, 2.45) is 0 Å². The van der Waals surface area contributed by atoms with E-state index in [4.69, 9.17) is 13.9 Å². The van der Waals surface area contributed by atoms with Crippen molar-refractivity contribution in [2.75, 3.05) is 0 Å². The number of hydrogen-bond donors (Lipinski definition) is 0. The fraction of sp³-hybridized carbons (Fsp3) is 0.128. The molecule has 3 heteroatoms. The standard InChI is InChI=1S/C39H28O3/c1-39(2)31-21-23(25-11-7-13-29-27-9-3-5-15-33(27)41-37(25)29)17-19-35(31)40-36-20-18-24(22-32(36)39)26-12-8-14-30-28-10-4-6-16-34(28)42-38(26)30/h3-22,27,33H,1-2H3. The molecule has 6 aromatic rings. The summed E-state index contributed by atoms with van der Waals surface area (Å²) in [6, 6.07) is 34.2. The molecule has 1 aliphatic carbocycles. The molecule has 0 amide bonds. The molecule has 0 radical (unpaired) electrons. The SMILES string of the molecule is CC1(C)c2cc(-c3cccc4c3OC3C=CC=CC43)ccc2Oc2ccc(-c3cccc4c3oc3ccccc34)cc21. The van der Waals surface area contributed by atoms with Gasteiger partial charge in [-0.25, -0.2) is 0 Å². The van der Waals surface area contributed by atoms with Gasteiger partial charge >= 0.3 is 0 Å². The zero-order valence-electron chi connectivity index (χ0n) is 23.4. The quantitative estimate of drug-likeness (QED) is 0.217. The van der Waals surface area contributed by atoms with E-state index < -0.39 is 0 Å². The van der Waals surface area contributed by atoms with Crippen LogP contribution in [0.1, 0.15) is 36.5 Å². The van der Waals surface area contributed by atoms with Crippen LogP contribution in [0.3, 0.4) is 0 Å². The van der Waals surface area contributed by atoms with Crippen LogP contribution >= 0.6 is 0 Å². The van der Waals surface area contributed by atoms with Gasteiger partial charge in [-0.05, 0) is 47.5 Å². The Hall–Kier alpha value is -5.02. The summed E-state index contributed by atoms with van der Waals surface area (Å²) in [5.41, 5.74) is 9.59. The van der Waals surface area contributed by atoms with Crippen molar-refractivity contribution in [2.45, 2.75) is 31.3 Å². The number of benzene rings is 5. The lowest BCUT2D eigenvalue weighted by Gasteiger charge is -2.35. The van der Waals surface area contributed by atoms with Crippen molar-refractivity contribution in [3.05, 3.63) is 138 Å². The van der Waals surface area contributed by atoms with E-state index in [0.717, 1.165) is 67.0 Å². The maximum Gasteiger partial charge on any atom is 0.143 e. The normalized spacial score (nSPS) is 19.1. The second kappa shape index (κ2) is 8.50. The number of fused-ring (bicyclic) bond motifs is 8. The van der Waals surface area contributed by atoms with Crippen LogP contribution in [0, 0.1) is 0 Å². The predicted molar refractivity (Wildman–Crippen MR) is 169 cm³/mol. The molecule has 0 N–H and O–H groups in total. The van der Waals surface area contributed by atoms with Gasteiger partial charge in [-0.15, -0.1) is 0 Å². The Labute approximate surface area is 244 Å². The number of rotatable bonds is 2. The molecule has 3 aliphatic rings. The van der Waals surface area contributed by atoms with Gasteiger partial charge in [-0.3, -0.25) is 0 Å². The van der Waals surface area contributed by atoms with Crippen LogP contribution in [0.15, 0.2) is 126 Å².